The van der Waals surface area contributed by atoms with Gasteiger partial charge in [0.15, 0.2) is 0 Å². The lowest BCUT2D eigenvalue weighted by Crippen LogP contribution is -2.40. The van der Waals surface area contributed by atoms with Crippen LogP contribution in [0.2, 0.25) is 0 Å². The van der Waals surface area contributed by atoms with Gasteiger partial charge in [0.25, 0.3) is 0 Å². The number of anilines is 1. The zero-order chi connectivity index (χ0) is 10.8. The molecule has 0 fully saturated rings. The number of rotatable bonds is 1. The zero-order valence-electron chi connectivity index (χ0n) is 7.83. The number of pyridine rings is 1. The Morgan fingerprint density at radius 1 is 1.67 bits per heavy atom. The summed E-state index contributed by atoms with van der Waals surface area (Å²) in [6, 6.07) is 1.31. The normalized spacial score (nSPS) is 20.4. The van der Waals surface area contributed by atoms with E-state index < -0.39 is 6.04 Å². The molecule has 80 valence electrons. The minimum absolute atomic E-state index is 0.221. The largest absolute Gasteiger partial charge is 0.394 e. The number of aliphatic hydroxyl groups excluding tert-OH is 1. The Hall–Kier alpha value is -0.980. The van der Waals surface area contributed by atoms with Gasteiger partial charge in [-0.25, -0.2) is 4.98 Å². The maximum absolute atomic E-state index is 11.5. The van der Waals surface area contributed by atoms with Gasteiger partial charge in [-0.1, -0.05) is 0 Å². The average Bonchev–Trinajstić information content (AvgIpc) is 2.36. The van der Waals surface area contributed by atoms with Gasteiger partial charge in [0, 0.05) is 22.8 Å². The Balaban J connectivity index is 2.31. The van der Waals surface area contributed by atoms with Crippen LogP contribution < -0.4 is 10.6 Å². The molecule has 6 heteroatoms. The van der Waals surface area contributed by atoms with Gasteiger partial charge in [0.2, 0.25) is 5.91 Å². The highest BCUT2D eigenvalue weighted by atomic mass is 79.9. The van der Waals surface area contributed by atoms with Crippen LogP contribution >= 0.6 is 15.9 Å². The molecule has 2 heterocycles. The molecule has 15 heavy (non-hydrogen) atoms. The number of hydrogen-bond acceptors (Lipinski definition) is 4. The van der Waals surface area contributed by atoms with Crippen LogP contribution in [0.4, 0.5) is 5.82 Å². The van der Waals surface area contributed by atoms with Crippen molar-refractivity contribution >= 4 is 27.7 Å². The SMILES string of the molecule is O=C1Nc2ncc(Br)cc2CNC1CO. The van der Waals surface area contributed by atoms with Gasteiger partial charge in [0.05, 0.1) is 6.61 Å². The molecule has 0 aromatic carbocycles. The number of carbonyl (C=O) groups is 1. The topological polar surface area (TPSA) is 74.2 Å². The standard InChI is InChI=1S/C9H10BrN3O2/c10-6-1-5-2-11-7(4-14)9(15)13-8(5)12-3-6/h1,3,7,11,14H,2,4H2,(H,12,13,15). The minimum atomic E-state index is -0.571. The molecule has 0 saturated heterocycles. The zero-order valence-corrected chi connectivity index (χ0v) is 9.41. The molecular formula is C9H10BrN3O2. The number of fused-ring (bicyclic) bond motifs is 1. The van der Waals surface area contributed by atoms with Crippen molar-refractivity contribution in [3.63, 3.8) is 0 Å². The van der Waals surface area contributed by atoms with Gasteiger partial charge in [-0.05, 0) is 22.0 Å². The van der Waals surface area contributed by atoms with Crippen molar-refractivity contribution in [1.29, 1.82) is 0 Å². The number of aromatic nitrogens is 1. The summed E-state index contributed by atoms with van der Waals surface area (Å²) in [4.78, 5) is 15.6. The highest BCUT2D eigenvalue weighted by Gasteiger charge is 2.22. The van der Waals surface area contributed by atoms with Crippen LogP contribution in [0.3, 0.4) is 0 Å². The van der Waals surface area contributed by atoms with E-state index in [-0.39, 0.29) is 12.5 Å². The third-order valence-corrected chi connectivity index (χ3v) is 2.65. The summed E-state index contributed by atoms with van der Waals surface area (Å²) in [5.41, 5.74) is 0.897. The van der Waals surface area contributed by atoms with E-state index in [4.69, 9.17) is 5.11 Å². The second-order valence-electron chi connectivity index (χ2n) is 3.27. The van der Waals surface area contributed by atoms with Crippen molar-refractivity contribution in [2.75, 3.05) is 11.9 Å². The molecule has 3 N–H and O–H groups in total. The fraction of sp³-hybridized carbons (Fsp3) is 0.333. The summed E-state index contributed by atoms with van der Waals surface area (Å²) in [6.07, 6.45) is 1.62. The lowest BCUT2D eigenvalue weighted by Gasteiger charge is -2.09. The summed E-state index contributed by atoms with van der Waals surface area (Å²) in [7, 11) is 0. The lowest BCUT2D eigenvalue weighted by molar-refractivity contribution is -0.118. The number of halogens is 1. The predicted molar refractivity (Wildman–Crippen MR) is 58.3 cm³/mol. The van der Waals surface area contributed by atoms with E-state index in [1.54, 1.807) is 6.20 Å². The Bertz CT molecular complexity index is 397. The summed E-state index contributed by atoms with van der Waals surface area (Å²) >= 11 is 3.31. The van der Waals surface area contributed by atoms with E-state index >= 15 is 0 Å². The van der Waals surface area contributed by atoms with Gasteiger partial charge in [-0.15, -0.1) is 0 Å². The molecule has 1 atom stereocenters. The first kappa shape index (κ1) is 10.5. The highest BCUT2D eigenvalue weighted by Crippen LogP contribution is 2.19. The van der Waals surface area contributed by atoms with E-state index in [1.807, 2.05) is 6.07 Å². The van der Waals surface area contributed by atoms with E-state index in [0.29, 0.717) is 12.4 Å². The van der Waals surface area contributed by atoms with Gasteiger partial charge in [-0.2, -0.15) is 0 Å². The summed E-state index contributed by atoms with van der Waals surface area (Å²) in [5.74, 6) is 0.290. The number of nitrogens with one attached hydrogen (secondary N) is 2. The number of nitrogens with zero attached hydrogens (tertiary/aromatic N) is 1. The third kappa shape index (κ3) is 2.17. The Morgan fingerprint density at radius 3 is 3.20 bits per heavy atom. The van der Waals surface area contributed by atoms with E-state index in [1.165, 1.54) is 0 Å². The molecule has 1 aromatic rings. The van der Waals surface area contributed by atoms with Crippen molar-refractivity contribution in [3.05, 3.63) is 22.3 Å². The Kier molecular flexibility index (Phi) is 2.99. The first-order chi connectivity index (χ1) is 7.20. The first-order valence-electron chi connectivity index (χ1n) is 4.50. The third-order valence-electron chi connectivity index (χ3n) is 2.21. The van der Waals surface area contributed by atoms with Crippen LogP contribution in [0, 0.1) is 0 Å². The quantitative estimate of drug-likeness (QED) is 0.685. The number of hydrogen-bond donors (Lipinski definition) is 3. The van der Waals surface area contributed by atoms with E-state index in [0.717, 1.165) is 10.0 Å². The van der Waals surface area contributed by atoms with Gasteiger partial charge < -0.3 is 10.4 Å². The molecule has 2 rings (SSSR count). The molecule has 0 aliphatic carbocycles. The molecule has 0 spiro atoms. The summed E-state index contributed by atoms with van der Waals surface area (Å²) in [5, 5.41) is 14.6. The maximum atomic E-state index is 11.5. The van der Waals surface area contributed by atoms with Crippen LogP contribution in [0.15, 0.2) is 16.7 Å². The fourth-order valence-corrected chi connectivity index (χ4v) is 1.78. The van der Waals surface area contributed by atoms with Crippen LogP contribution in [-0.4, -0.2) is 28.6 Å². The molecular weight excluding hydrogens is 262 g/mol. The van der Waals surface area contributed by atoms with Crippen molar-refractivity contribution in [3.8, 4) is 0 Å². The molecule has 1 unspecified atom stereocenters. The number of carbonyl (C=O) groups excluding carboxylic acids is 1. The lowest BCUT2D eigenvalue weighted by atomic mass is 10.2. The van der Waals surface area contributed by atoms with Gasteiger partial charge >= 0.3 is 0 Å². The molecule has 1 amide bonds. The first-order valence-corrected chi connectivity index (χ1v) is 5.29. The monoisotopic (exact) mass is 271 g/mol. The van der Waals surface area contributed by atoms with Crippen LogP contribution in [-0.2, 0) is 11.3 Å². The summed E-state index contributed by atoms with van der Waals surface area (Å²) < 4.78 is 0.861. The van der Waals surface area contributed by atoms with E-state index in [9.17, 15) is 4.79 Å². The smallest absolute Gasteiger partial charge is 0.245 e. The van der Waals surface area contributed by atoms with Gasteiger partial charge in [-0.3, -0.25) is 10.1 Å². The Morgan fingerprint density at radius 2 is 2.47 bits per heavy atom. The molecule has 1 aliphatic rings. The van der Waals surface area contributed by atoms with Crippen LogP contribution in [0.5, 0.6) is 0 Å². The van der Waals surface area contributed by atoms with Crippen molar-refractivity contribution in [1.82, 2.24) is 10.3 Å². The molecule has 5 nitrogen and oxygen atoms in total. The van der Waals surface area contributed by atoms with Crippen LogP contribution in [0.1, 0.15) is 5.56 Å². The van der Waals surface area contributed by atoms with Crippen molar-refractivity contribution < 1.29 is 9.90 Å². The molecule has 0 saturated carbocycles. The second-order valence-corrected chi connectivity index (χ2v) is 4.18. The maximum Gasteiger partial charge on any atom is 0.245 e. The summed E-state index contributed by atoms with van der Waals surface area (Å²) in [6.45, 7) is 0.284. The molecule has 0 bridgehead atoms. The molecule has 1 aromatic heterocycles. The molecule has 1 aliphatic heterocycles. The van der Waals surface area contributed by atoms with Gasteiger partial charge in [0.1, 0.15) is 11.9 Å². The second kappa shape index (κ2) is 4.26. The minimum Gasteiger partial charge on any atom is -0.394 e. The van der Waals surface area contributed by atoms with Crippen LogP contribution in [0.25, 0.3) is 0 Å². The van der Waals surface area contributed by atoms with E-state index in [2.05, 4.69) is 31.5 Å². The average molecular weight is 272 g/mol. The number of amides is 1. The highest BCUT2D eigenvalue weighted by molar-refractivity contribution is 9.10. The fourth-order valence-electron chi connectivity index (χ4n) is 1.41. The van der Waals surface area contributed by atoms with Crippen molar-refractivity contribution in [2.24, 2.45) is 0 Å². The number of aliphatic hydroxyl groups is 1. The van der Waals surface area contributed by atoms with Crippen molar-refractivity contribution in [2.45, 2.75) is 12.6 Å². The molecule has 0 radical (unpaired) electrons. The predicted octanol–water partition coefficient (Wildman–Crippen LogP) is 0.247. The Labute approximate surface area is 95.0 Å².